The van der Waals surface area contributed by atoms with Gasteiger partial charge in [0.25, 0.3) is 0 Å². The summed E-state index contributed by atoms with van der Waals surface area (Å²) in [6.45, 7) is 3.11. The number of sulfonamides is 1. The van der Waals surface area contributed by atoms with Crippen molar-refractivity contribution in [1.82, 2.24) is 4.31 Å². The van der Waals surface area contributed by atoms with Crippen molar-refractivity contribution < 1.29 is 8.42 Å². The Morgan fingerprint density at radius 3 is 2.38 bits per heavy atom. The van der Waals surface area contributed by atoms with Gasteiger partial charge in [0.1, 0.15) is 0 Å². The maximum atomic E-state index is 12.1. The SMILES string of the molecule is CCN(C1CCCC1)S(=O)(=O)CCCCN. The summed E-state index contributed by atoms with van der Waals surface area (Å²) in [6, 6.07) is 0.257. The second-order valence-electron chi connectivity index (χ2n) is 4.45. The van der Waals surface area contributed by atoms with E-state index in [4.69, 9.17) is 5.73 Å². The van der Waals surface area contributed by atoms with Gasteiger partial charge in [-0.05, 0) is 32.2 Å². The van der Waals surface area contributed by atoms with E-state index in [9.17, 15) is 8.42 Å². The molecule has 5 heteroatoms. The summed E-state index contributed by atoms with van der Waals surface area (Å²) in [5.41, 5.74) is 5.38. The van der Waals surface area contributed by atoms with E-state index in [1.165, 1.54) is 12.8 Å². The van der Waals surface area contributed by atoms with E-state index >= 15 is 0 Å². The molecule has 96 valence electrons. The number of nitrogens with two attached hydrogens (primary N) is 1. The van der Waals surface area contributed by atoms with Crippen LogP contribution in [0.15, 0.2) is 0 Å². The monoisotopic (exact) mass is 248 g/mol. The summed E-state index contributed by atoms with van der Waals surface area (Å²) >= 11 is 0. The Kier molecular flexibility index (Phi) is 5.72. The molecule has 0 heterocycles. The van der Waals surface area contributed by atoms with Gasteiger partial charge >= 0.3 is 0 Å². The van der Waals surface area contributed by atoms with Crippen LogP contribution in [0.3, 0.4) is 0 Å². The minimum Gasteiger partial charge on any atom is -0.330 e. The molecule has 1 rings (SSSR count). The molecule has 0 unspecified atom stereocenters. The Morgan fingerprint density at radius 1 is 1.25 bits per heavy atom. The van der Waals surface area contributed by atoms with Crippen LogP contribution >= 0.6 is 0 Å². The minimum absolute atomic E-state index is 0.257. The number of rotatable bonds is 7. The van der Waals surface area contributed by atoms with Gasteiger partial charge in [-0.3, -0.25) is 0 Å². The van der Waals surface area contributed by atoms with Crippen LogP contribution in [-0.4, -0.2) is 37.6 Å². The molecule has 0 atom stereocenters. The summed E-state index contributed by atoms with van der Waals surface area (Å²) < 4.78 is 25.9. The van der Waals surface area contributed by atoms with Crippen molar-refractivity contribution in [3.63, 3.8) is 0 Å². The van der Waals surface area contributed by atoms with Crippen LogP contribution in [0.5, 0.6) is 0 Å². The molecule has 1 saturated carbocycles. The van der Waals surface area contributed by atoms with Crippen LogP contribution in [0.25, 0.3) is 0 Å². The van der Waals surface area contributed by atoms with Crippen LogP contribution in [-0.2, 0) is 10.0 Å². The topological polar surface area (TPSA) is 63.4 Å². The molecule has 0 spiro atoms. The quantitative estimate of drug-likeness (QED) is 0.691. The Labute approximate surface area is 99.2 Å². The number of unbranched alkanes of at least 4 members (excludes halogenated alkanes) is 1. The van der Waals surface area contributed by atoms with E-state index in [0.717, 1.165) is 19.3 Å². The van der Waals surface area contributed by atoms with Gasteiger partial charge < -0.3 is 5.73 Å². The van der Waals surface area contributed by atoms with Gasteiger partial charge in [-0.15, -0.1) is 0 Å². The zero-order chi connectivity index (χ0) is 12.0. The lowest BCUT2D eigenvalue weighted by atomic mass is 10.2. The van der Waals surface area contributed by atoms with Crippen molar-refractivity contribution in [2.45, 2.75) is 51.5 Å². The Bertz CT molecular complexity index is 284. The zero-order valence-corrected chi connectivity index (χ0v) is 11.0. The van der Waals surface area contributed by atoms with E-state index in [1.54, 1.807) is 4.31 Å². The van der Waals surface area contributed by atoms with Gasteiger partial charge in [0.05, 0.1) is 5.75 Å². The molecule has 1 fully saturated rings. The van der Waals surface area contributed by atoms with Crippen molar-refractivity contribution in [1.29, 1.82) is 0 Å². The predicted molar refractivity (Wildman–Crippen MR) is 66.7 cm³/mol. The molecule has 1 aliphatic carbocycles. The fourth-order valence-electron chi connectivity index (χ4n) is 2.42. The lowest BCUT2D eigenvalue weighted by Gasteiger charge is -2.26. The summed E-state index contributed by atoms with van der Waals surface area (Å²) in [5.74, 6) is 0.258. The normalized spacial score (nSPS) is 18.4. The Morgan fingerprint density at radius 2 is 1.88 bits per heavy atom. The largest absolute Gasteiger partial charge is 0.330 e. The molecular weight excluding hydrogens is 224 g/mol. The summed E-state index contributed by atoms with van der Waals surface area (Å²) in [5, 5.41) is 0. The minimum atomic E-state index is -3.05. The molecule has 0 aromatic carbocycles. The van der Waals surface area contributed by atoms with E-state index in [1.807, 2.05) is 6.92 Å². The molecule has 0 aromatic heterocycles. The van der Waals surface area contributed by atoms with Crippen LogP contribution in [0.1, 0.15) is 45.4 Å². The van der Waals surface area contributed by atoms with Crippen molar-refractivity contribution in [2.24, 2.45) is 5.73 Å². The van der Waals surface area contributed by atoms with E-state index in [-0.39, 0.29) is 11.8 Å². The van der Waals surface area contributed by atoms with Gasteiger partial charge in [-0.2, -0.15) is 4.31 Å². The average molecular weight is 248 g/mol. The molecule has 0 aliphatic heterocycles. The maximum absolute atomic E-state index is 12.1. The van der Waals surface area contributed by atoms with Gasteiger partial charge in [-0.25, -0.2) is 8.42 Å². The van der Waals surface area contributed by atoms with Gasteiger partial charge in [0, 0.05) is 12.6 Å². The summed E-state index contributed by atoms with van der Waals surface area (Å²) in [4.78, 5) is 0. The lowest BCUT2D eigenvalue weighted by Crippen LogP contribution is -2.40. The first-order chi connectivity index (χ1) is 7.61. The summed E-state index contributed by atoms with van der Waals surface area (Å²) in [7, 11) is -3.05. The molecule has 0 radical (unpaired) electrons. The van der Waals surface area contributed by atoms with E-state index in [2.05, 4.69) is 0 Å². The summed E-state index contributed by atoms with van der Waals surface area (Å²) in [6.07, 6.45) is 5.87. The molecule has 0 saturated heterocycles. The van der Waals surface area contributed by atoms with Crippen LogP contribution in [0, 0.1) is 0 Å². The predicted octanol–water partition coefficient (Wildman–Crippen LogP) is 1.32. The van der Waals surface area contributed by atoms with Gasteiger partial charge in [0.15, 0.2) is 0 Å². The number of hydrogen-bond donors (Lipinski definition) is 1. The molecule has 4 nitrogen and oxygen atoms in total. The fourth-order valence-corrected chi connectivity index (χ4v) is 4.28. The number of nitrogens with zero attached hydrogens (tertiary/aromatic N) is 1. The van der Waals surface area contributed by atoms with E-state index < -0.39 is 10.0 Å². The first-order valence-corrected chi connectivity index (χ1v) is 7.92. The van der Waals surface area contributed by atoms with E-state index in [0.29, 0.717) is 19.5 Å². The first kappa shape index (κ1) is 13.9. The van der Waals surface area contributed by atoms with Crippen molar-refractivity contribution in [2.75, 3.05) is 18.8 Å². The highest BCUT2D eigenvalue weighted by Gasteiger charge is 2.29. The standard InChI is InChI=1S/C11H24N2O2S/c1-2-13(11-7-3-4-8-11)16(14,15)10-6-5-9-12/h11H,2-10,12H2,1H3. The molecule has 2 N–H and O–H groups in total. The third-order valence-corrected chi connectivity index (χ3v) is 5.33. The average Bonchev–Trinajstić information content (AvgIpc) is 2.72. The van der Waals surface area contributed by atoms with Crippen LogP contribution < -0.4 is 5.73 Å². The smallest absolute Gasteiger partial charge is 0.214 e. The van der Waals surface area contributed by atoms with Crippen LogP contribution in [0.2, 0.25) is 0 Å². The maximum Gasteiger partial charge on any atom is 0.214 e. The van der Waals surface area contributed by atoms with Gasteiger partial charge in [0.2, 0.25) is 10.0 Å². The first-order valence-electron chi connectivity index (χ1n) is 6.31. The molecule has 0 aromatic rings. The molecule has 0 bridgehead atoms. The highest BCUT2D eigenvalue weighted by atomic mass is 32.2. The third kappa shape index (κ3) is 3.71. The Hall–Kier alpha value is -0.130. The van der Waals surface area contributed by atoms with Crippen molar-refractivity contribution >= 4 is 10.0 Å². The second-order valence-corrected chi connectivity index (χ2v) is 6.49. The third-order valence-electron chi connectivity index (χ3n) is 3.26. The van der Waals surface area contributed by atoms with Crippen LogP contribution in [0.4, 0.5) is 0 Å². The second kappa shape index (κ2) is 6.57. The highest BCUT2D eigenvalue weighted by Crippen LogP contribution is 2.25. The molecule has 0 amide bonds. The molecular formula is C11H24N2O2S. The molecule has 1 aliphatic rings. The molecule has 16 heavy (non-hydrogen) atoms. The Balaban J connectivity index is 2.55. The zero-order valence-electron chi connectivity index (χ0n) is 10.2. The highest BCUT2D eigenvalue weighted by molar-refractivity contribution is 7.89. The lowest BCUT2D eigenvalue weighted by molar-refractivity contribution is 0.335. The fraction of sp³-hybridized carbons (Fsp3) is 1.00. The van der Waals surface area contributed by atoms with Crippen molar-refractivity contribution in [3.8, 4) is 0 Å². The number of hydrogen-bond acceptors (Lipinski definition) is 3. The van der Waals surface area contributed by atoms with Gasteiger partial charge in [-0.1, -0.05) is 19.8 Å². The van der Waals surface area contributed by atoms with Crippen molar-refractivity contribution in [3.05, 3.63) is 0 Å².